The van der Waals surface area contributed by atoms with E-state index in [9.17, 15) is 9.90 Å². The van der Waals surface area contributed by atoms with Crippen molar-refractivity contribution < 1.29 is 9.84 Å². The maximum atomic E-state index is 11.6. The Hall–Kier alpha value is -1.66. The summed E-state index contributed by atoms with van der Waals surface area (Å²) in [6.45, 7) is 5.43. The van der Waals surface area contributed by atoms with Crippen molar-refractivity contribution in [2.75, 3.05) is 12.3 Å². The van der Waals surface area contributed by atoms with E-state index < -0.39 is 17.5 Å². The number of aromatic nitrogens is 2. The van der Waals surface area contributed by atoms with Gasteiger partial charge in [-0.2, -0.15) is 4.98 Å². The molecule has 2 atom stereocenters. The molecule has 92 valence electrons. The molecule has 0 spiro atoms. The Bertz CT molecular complexity index is 511. The van der Waals surface area contributed by atoms with Gasteiger partial charge in [0.2, 0.25) is 0 Å². The molecule has 0 radical (unpaired) electrons. The van der Waals surface area contributed by atoms with Gasteiger partial charge in [0.1, 0.15) is 17.6 Å². The van der Waals surface area contributed by atoms with Crippen LogP contribution in [-0.2, 0) is 4.74 Å². The first kappa shape index (κ1) is 11.8. The Labute approximate surface area is 98.3 Å². The molecule has 0 aliphatic carbocycles. The van der Waals surface area contributed by atoms with E-state index in [1.165, 1.54) is 16.8 Å². The number of hydrogen-bond acceptors (Lipinski definition) is 5. The largest absolute Gasteiger partial charge is 0.393 e. The van der Waals surface area contributed by atoms with E-state index in [4.69, 9.17) is 10.5 Å². The van der Waals surface area contributed by atoms with Crippen molar-refractivity contribution in [1.29, 1.82) is 0 Å². The van der Waals surface area contributed by atoms with Gasteiger partial charge in [-0.1, -0.05) is 6.58 Å². The maximum Gasteiger partial charge on any atom is 0.351 e. The zero-order chi connectivity index (χ0) is 12.6. The SMILES string of the molecule is C=C1CC(n2ccc(N)nc2=O)OC1(C)CO. The second-order valence-electron chi connectivity index (χ2n) is 4.31. The van der Waals surface area contributed by atoms with Gasteiger partial charge < -0.3 is 15.6 Å². The molecule has 0 aromatic carbocycles. The smallest absolute Gasteiger partial charge is 0.351 e. The average Bonchev–Trinajstić information content (AvgIpc) is 2.56. The first-order valence-electron chi connectivity index (χ1n) is 5.28. The highest BCUT2D eigenvalue weighted by atomic mass is 16.5. The number of rotatable bonds is 2. The van der Waals surface area contributed by atoms with Crippen LogP contribution < -0.4 is 11.4 Å². The number of aliphatic hydroxyl groups is 1. The Morgan fingerprint density at radius 1 is 1.82 bits per heavy atom. The van der Waals surface area contributed by atoms with Crippen molar-refractivity contribution in [3.05, 3.63) is 34.9 Å². The van der Waals surface area contributed by atoms with Crippen molar-refractivity contribution in [2.24, 2.45) is 0 Å². The predicted molar refractivity (Wildman–Crippen MR) is 62.3 cm³/mol. The number of nitrogen functional groups attached to an aromatic ring is 1. The molecule has 6 heteroatoms. The molecule has 0 saturated carbocycles. The summed E-state index contributed by atoms with van der Waals surface area (Å²) in [6.07, 6.45) is 1.52. The van der Waals surface area contributed by atoms with Gasteiger partial charge in [0.05, 0.1) is 6.61 Å². The van der Waals surface area contributed by atoms with Gasteiger partial charge in [-0.05, 0) is 18.6 Å². The van der Waals surface area contributed by atoms with E-state index in [0.717, 1.165) is 5.57 Å². The molecule has 1 saturated heterocycles. The number of ether oxygens (including phenoxy) is 1. The zero-order valence-corrected chi connectivity index (χ0v) is 9.59. The molecule has 1 aliphatic heterocycles. The van der Waals surface area contributed by atoms with Gasteiger partial charge >= 0.3 is 5.69 Å². The topological polar surface area (TPSA) is 90.4 Å². The monoisotopic (exact) mass is 237 g/mol. The molecule has 2 rings (SSSR count). The van der Waals surface area contributed by atoms with Crippen LogP contribution in [0.2, 0.25) is 0 Å². The van der Waals surface area contributed by atoms with Crippen LogP contribution in [0.3, 0.4) is 0 Å². The number of anilines is 1. The minimum atomic E-state index is -0.800. The van der Waals surface area contributed by atoms with Crippen LogP contribution in [0.1, 0.15) is 19.6 Å². The highest BCUT2D eigenvalue weighted by Gasteiger charge is 2.40. The lowest BCUT2D eigenvalue weighted by Crippen LogP contribution is -2.32. The quantitative estimate of drug-likeness (QED) is 0.709. The lowest BCUT2D eigenvalue weighted by Gasteiger charge is -2.23. The molecule has 0 bridgehead atoms. The summed E-state index contributed by atoms with van der Waals surface area (Å²) >= 11 is 0. The van der Waals surface area contributed by atoms with Crippen molar-refractivity contribution in [1.82, 2.24) is 9.55 Å². The molecule has 1 fully saturated rings. The summed E-state index contributed by atoms with van der Waals surface area (Å²) in [6, 6.07) is 1.53. The third-order valence-electron chi connectivity index (χ3n) is 3.03. The van der Waals surface area contributed by atoms with Gasteiger partial charge in [-0.3, -0.25) is 4.57 Å². The van der Waals surface area contributed by atoms with E-state index in [-0.39, 0.29) is 12.4 Å². The zero-order valence-electron chi connectivity index (χ0n) is 9.59. The normalized spacial score (nSPS) is 28.6. The lowest BCUT2D eigenvalue weighted by atomic mass is 9.98. The molecular formula is C11H15N3O3. The first-order valence-corrected chi connectivity index (χ1v) is 5.28. The minimum absolute atomic E-state index is 0.167. The molecule has 17 heavy (non-hydrogen) atoms. The number of nitrogens with two attached hydrogens (primary N) is 1. The lowest BCUT2D eigenvalue weighted by molar-refractivity contribution is -0.0777. The predicted octanol–water partition coefficient (Wildman–Crippen LogP) is 0.0516. The van der Waals surface area contributed by atoms with E-state index in [1.807, 2.05) is 0 Å². The summed E-state index contributed by atoms with van der Waals surface area (Å²) in [5, 5.41) is 9.26. The Morgan fingerprint density at radius 2 is 2.53 bits per heavy atom. The number of hydrogen-bond donors (Lipinski definition) is 2. The Kier molecular flexibility index (Phi) is 2.76. The standard InChI is InChI=1S/C11H15N3O3/c1-7-5-9(17-11(7,2)6-15)14-4-3-8(12)13-10(14)16/h3-4,9,15H,1,5-6H2,2H3,(H2,12,13,16). The highest BCUT2D eigenvalue weighted by Crippen LogP contribution is 2.38. The fourth-order valence-corrected chi connectivity index (χ4v) is 1.80. The van der Waals surface area contributed by atoms with Gasteiger partial charge in [0.15, 0.2) is 0 Å². The molecule has 0 amide bonds. The van der Waals surface area contributed by atoms with Crippen molar-refractivity contribution in [3.63, 3.8) is 0 Å². The fourth-order valence-electron chi connectivity index (χ4n) is 1.80. The third kappa shape index (κ3) is 1.96. The van der Waals surface area contributed by atoms with E-state index in [0.29, 0.717) is 6.42 Å². The Morgan fingerprint density at radius 3 is 3.06 bits per heavy atom. The van der Waals surface area contributed by atoms with E-state index in [1.54, 1.807) is 6.92 Å². The van der Waals surface area contributed by atoms with Crippen LogP contribution in [0.4, 0.5) is 5.82 Å². The molecular weight excluding hydrogens is 222 g/mol. The van der Waals surface area contributed by atoms with Crippen LogP contribution in [0.25, 0.3) is 0 Å². The van der Waals surface area contributed by atoms with Gasteiger partial charge in [-0.25, -0.2) is 4.79 Å². The molecule has 2 heterocycles. The summed E-state index contributed by atoms with van der Waals surface area (Å²) in [5.74, 6) is 0.174. The van der Waals surface area contributed by atoms with Crippen molar-refractivity contribution in [2.45, 2.75) is 25.2 Å². The summed E-state index contributed by atoms with van der Waals surface area (Å²) in [5.41, 5.74) is 4.90. The van der Waals surface area contributed by atoms with Crippen LogP contribution >= 0.6 is 0 Å². The second-order valence-corrected chi connectivity index (χ2v) is 4.31. The van der Waals surface area contributed by atoms with Gasteiger partial charge in [0, 0.05) is 12.6 Å². The van der Waals surface area contributed by atoms with Crippen molar-refractivity contribution >= 4 is 5.82 Å². The number of nitrogens with zero attached hydrogens (tertiary/aromatic N) is 2. The fraction of sp³-hybridized carbons (Fsp3) is 0.455. The van der Waals surface area contributed by atoms with Gasteiger partial charge in [0.25, 0.3) is 0 Å². The van der Waals surface area contributed by atoms with Crippen LogP contribution in [0, 0.1) is 0 Å². The minimum Gasteiger partial charge on any atom is -0.393 e. The number of aliphatic hydroxyl groups excluding tert-OH is 1. The molecule has 1 aliphatic rings. The molecule has 1 aromatic rings. The summed E-state index contributed by atoms with van der Waals surface area (Å²) in [4.78, 5) is 15.3. The van der Waals surface area contributed by atoms with Crippen LogP contribution in [-0.4, -0.2) is 26.9 Å². The Balaban J connectivity index is 2.32. The van der Waals surface area contributed by atoms with Crippen molar-refractivity contribution in [3.8, 4) is 0 Å². The molecule has 3 N–H and O–H groups in total. The molecule has 1 aromatic heterocycles. The van der Waals surface area contributed by atoms with Crippen LogP contribution in [0.15, 0.2) is 29.2 Å². The second kappa shape index (κ2) is 3.97. The summed E-state index contributed by atoms with van der Waals surface area (Å²) < 4.78 is 7.00. The van der Waals surface area contributed by atoms with Crippen LogP contribution in [0.5, 0.6) is 0 Å². The highest BCUT2D eigenvalue weighted by molar-refractivity contribution is 5.24. The third-order valence-corrected chi connectivity index (χ3v) is 3.03. The maximum absolute atomic E-state index is 11.6. The first-order chi connectivity index (χ1) is 7.96. The molecule has 2 unspecified atom stereocenters. The average molecular weight is 237 g/mol. The van der Waals surface area contributed by atoms with Gasteiger partial charge in [-0.15, -0.1) is 0 Å². The van der Waals surface area contributed by atoms with E-state index >= 15 is 0 Å². The summed E-state index contributed by atoms with van der Waals surface area (Å²) in [7, 11) is 0. The molecule has 6 nitrogen and oxygen atoms in total. The van der Waals surface area contributed by atoms with E-state index in [2.05, 4.69) is 11.6 Å².